The van der Waals surface area contributed by atoms with Crippen LogP contribution < -0.4 is 5.32 Å². The van der Waals surface area contributed by atoms with Gasteiger partial charge in [-0.15, -0.1) is 0 Å². The zero-order chi connectivity index (χ0) is 9.11. The highest BCUT2D eigenvalue weighted by Gasteiger charge is 2.06. The van der Waals surface area contributed by atoms with Crippen LogP contribution in [0, 0.1) is 0 Å². The number of rotatable bonds is 0. The van der Waals surface area contributed by atoms with Crippen molar-refractivity contribution in [3.63, 3.8) is 0 Å². The van der Waals surface area contributed by atoms with Crippen molar-refractivity contribution >= 4 is 0 Å². The molecule has 1 aliphatic heterocycles. The Kier molecular flexibility index (Phi) is 15.4. The fraction of sp³-hybridized carbons (Fsp3) is 1.00. The minimum Gasteiger partial charge on any atom is -0.393 e. The molecule has 0 radical (unpaired) electrons. The van der Waals surface area contributed by atoms with Crippen molar-refractivity contribution < 1.29 is 5.11 Å². The van der Waals surface area contributed by atoms with Crippen LogP contribution in [0.1, 0.15) is 40.5 Å². The summed E-state index contributed by atoms with van der Waals surface area (Å²) >= 11 is 0. The number of hydrogen-bond donors (Lipinski definition) is 2. The van der Waals surface area contributed by atoms with Gasteiger partial charge in [-0.3, -0.25) is 0 Å². The van der Waals surface area contributed by atoms with E-state index in [1.165, 1.54) is 0 Å². The maximum absolute atomic E-state index is 8.87. The molecule has 1 aliphatic rings. The van der Waals surface area contributed by atoms with Crippen LogP contribution in [0.2, 0.25) is 0 Å². The largest absolute Gasteiger partial charge is 0.393 e. The predicted molar refractivity (Wildman–Crippen MR) is 50.8 cm³/mol. The summed E-state index contributed by atoms with van der Waals surface area (Å²) in [6.45, 7) is 9.97. The van der Waals surface area contributed by atoms with E-state index < -0.39 is 0 Å². The molecule has 0 atom stereocenters. The first-order valence-electron chi connectivity index (χ1n) is 4.78. The van der Waals surface area contributed by atoms with Crippen molar-refractivity contribution in [2.45, 2.75) is 46.6 Å². The average Bonchev–Trinajstić information content (AvgIpc) is 2.13. The maximum Gasteiger partial charge on any atom is 0.0564 e. The van der Waals surface area contributed by atoms with E-state index in [2.05, 4.69) is 5.32 Å². The molecule has 0 amide bonds. The first-order chi connectivity index (χ1) is 5.39. The Balaban J connectivity index is 0. The van der Waals surface area contributed by atoms with Gasteiger partial charge in [0.2, 0.25) is 0 Å². The minimum atomic E-state index is -0.0266. The topological polar surface area (TPSA) is 32.3 Å². The first-order valence-corrected chi connectivity index (χ1v) is 4.78. The second-order valence-corrected chi connectivity index (χ2v) is 1.98. The van der Waals surface area contributed by atoms with Crippen LogP contribution in [0.15, 0.2) is 0 Å². The lowest BCUT2D eigenvalue weighted by atomic mass is 10.1. The Bertz CT molecular complexity index is 51.5. The molecule has 0 spiro atoms. The quantitative estimate of drug-likeness (QED) is 0.567. The SMILES string of the molecule is CC.CC.OC1CCNCC1. The highest BCUT2D eigenvalue weighted by atomic mass is 16.3. The van der Waals surface area contributed by atoms with Gasteiger partial charge in [-0.05, 0) is 25.9 Å². The van der Waals surface area contributed by atoms with Crippen molar-refractivity contribution in [2.24, 2.45) is 0 Å². The summed E-state index contributed by atoms with van der Waals surface area (Å²) in [5.41, 5.74) is 0. The van der Waals surface area contributed by atoms with Crippen LogP contribution in [0.5, 0.6) is 0 Å². The third-order valence-corrected chi connectivity index (χ3v) is 1.31. The van der Waals surface area contributed by atoms with E-state index in [4.69, 9.17) is 5.11 Å². The Morgan fingerprint density at radius 1 is 1.00 bits per heavy atom. The summed E-state index contributed by atoms with van der Waals surface area (Å²) in [6, 6.07) is 0. The molecule has 70 valence electrons. The molecule has 0 unspecified atom stereocenters. The molecular weight excluding hydrogens is 138 g/mol. The Hall–Kier alpha value is -0.0800. The molecule has 1 saturated heterocycles. The minimum absolute atomic E-state index is 0.0266. The third kappa shape index (κ3) is 9.92. The summed E-state index contributed by atoms with van der Waals surface area (Å²) in [5.74, 6) is 0. The molecule has 0 bridgehead atoms. The van der Waals surface area contributed by atoms with Gasteiger partial charge in [0.05, 0.1) is 6.10 Å². The second-order valence-electron chi connectivity index (χ2n) is 1.98. The highest BCUT2D eigenvalue weighted by molar-refractivity contribution is 4.65. The van der Waals surface area contributed by atoms with Crippen LogP contribution >= 0.6 is 0 Å². The molecule has 2 N–H and O–H groups in total. The van der Waals surface area contributed by atoms with Gasteiger partial charge in [0.15, 0.2) is 0 Å². The predicted octanol–water partition coefficient (Wildman–Crippen LogP) is 1.78. The van der Waals surface area contributed by atoms with Crippen molar-refractivity contribution in [1.82, 2.24) is 5.32 Å². The molecule has 0 aliphatic carbocycles. The van der Waals surface area contributed by atoms with Gasteiger partial charge in [-0.2, -0.15) is 0 Å². The van der Waals surface area contributed by atoms with Gasteiger partial charge in [0.25, 0.3) is 0 Å². The summed E-state index contributed by atoms with van der Waals surface area (Å²) in [4.78, 5) is 0. The van der Waals surface area contributed by atoms with Gasteiger partial charge < -0.3 is 10.4 Å². The van der Waals surface area contributed by atoms with Crippen LogP contribution in [0.4, 0.5) is 0 Å². The number of nitrogens with one attached hydrogen (secondary N) is 1. The molecule has 1 fully saturated rings. The Labute approximate surface area is 71.0 Å². The second kappa shape index (κ2) is 12.6. The summed E-state index contributed by atoms with van der Waals surface area (Å²) in [7, 11) is 0. The molecule has 0 saturated carbocycles. The fourth-order valence-corrected chi connectivity index (χ4v) is 0.807. The van der Waals surface area contributed by atoms with Gasteiger partial charge in [0, 0.05) is 0 Å². The van der Waals surface area contributed by atoms with Crippen LogP contribution in [0.3, 0.4) is 0 Å². The zero-order valence-electron chi connectivity index (χ0n) is 8.35. The molecular formula is C9H23NO. The van der Waals surface area contributed by atoms with E-state index in [-0.39, 0.29) is 6.10 Å². The standard InChI is InChI=1S/C5H11NO.2C2H6/c7-5-1-3-6-4-2-5;2*1-2/h5-7H,1-4H2;2*1-2H3. The van der Waals surface area contributed by atoms with Crippen molar-refractivity contribution in [3.05, 3.63) is 0 Å². The van der Waals surface area contributed by atoms with Crippen LogP contribution in [0.25, 0.3) is 0 Å². The van der Waals surface area contributed by atoms with E-state index in [1.807, 2.05) is 27.7 Å². The smallest absolute Gasteiger partial charge is 0.0564 e. The monoisotopic (exact) mass is 161 g/mol. The Morgan fingerprint density at radius 2 is 1.36 bits per heavy atom. The van der Waals surface area contributed by atoms with Gasteiger partial charge in [-0.25, -0.2) is 0 Å². The van der Waals surface area contributed by atoms with Gasteiger partial charge >= 0.3 is 0 Å². The molecule has 2 heteroatoms. The van der Waals surface area contributed by atoms with Gasteiger partial charge in [-0.1, -0.05) is 27.7 Å². The van der Waals surface area contributed by atoms with Crippen molar-refractivity contribution in [3.8, 4) is 0 Å². The summed E-state index contributed by atoms with van der Waals surface area (Å²) in [5, 5.41) is 12.0. The molecule has 0 aromatic carbocycles. The number of aliphatic hydroxyl groups excluding tert-OH is 1. The number of piperidine rings is 1. The molecule has 2 nitrogen and oxygen atoms in total. The molecule has 0 aromatic heterocycles. The third-order valence-electron chi connectivity index (χ3n) is 1.31. The van der Waals surface area contributed by atoms with E-state index in [0.717, 1.165) is 25.9 Å². The first kappa shape index (κ1) is 13.5. The van der Waals surface area contributed by atoms with Crippen molar-refractivity contribution in [2.75, 3.05) is 13.1 Å². The Morgan fingerprint density at radius 3 is 1.55 bits per heavy atom. The molecule has 1 rings (SSSR count). The van der Waals surface area contributed by atoms with E-state index in [0.29, 0.717) is 0 Å². The van der Waals surface area contributed by atoms with E-state index in [9.17, 15) is 0 Å². The zero-order valence-corrected chi connectivity index (χ0v) is 8.35. The van der Waals surface area contributed by atoms with Crippen LogP contribution in [-0.2, 0) is 0 Å². The number of hydrogen-bond acceptors (Lipinski definition) is 2. The van der Waals surface area contributed by atoms with Crippen molar-refractivity contribution in [1.29, 1.82) is 0 Å². The highest BCUT2D eigenvalue weighted by Crippen LogP contribution is 1.99. The summed E-state index contributed by atoms with van der Waals surface area (Å²) in [6.07, 6.45) is 1.83. The molecule has 0 aromatic rings. The number of aliphatic hydroxyl groups is 1. The summed E-state index contributed by atoms with van der Waals surface area (Å²) < 4.78 is 0. The molecule has 1 heterocycles. The average molecular weight is 161 g/mol. The van der Waals surface area contributed by atoms with Gasteiger partial charge in [0.1, 0.15) is 0 Å². The lowest BCUT2D eigenvalue weighted by Crippen LogP contribution is -2.30. The van der Waals surface area contributed by atoms with E-state index >= 15 is 0 Å². The van der Waals surface area contributed by atoms with E-state index in [1.54, 1.807) is 0 Å². The van der Waals surface area contributed by atoms with Crippen LogP contribution in [-0.4, -0.2) is 24.3 Å². The maximum atomic E-state index is 8.87. The normalized spacial score (nSPS) is 17.2. The lowest BCUT2D eigenvalue weighted by molar-refractivity contribution is 0.137. The molecule has 11 heavy (non-hydrogen) atoms. The lowest BCUT2D eigenvalue weighted by Gasteiger charge is -2.16. The fourth-order valence-electron chi connectivity index (χ4n) is 0.807.